The summed E-state index contributed by atoms with van der Waals surface area (Å²) >= 11 is 0. The van der Waals surface area contributed by atoms with Crippen LogP contribution in [-0.2, 0) is 10.0 Å². The minimum absolute atomic E-state index is 0.134. The monoisotopic (exact) mass is 326 g/mol. The van der Waals surface area contributed by atoms with Gasteiger partial charge in [0, 0.05) is 38.2 Å². The van der Waals surface area contributed by atoms with Gasteiger partial charge < -0.3 is 9.80 Å². The lowest BCUT2D eigenvalue weighted by atomic mass is 10.1. The molecule has 1 saturated heterocycles. The number of sulfonamides is 1. The Morgan fingerprint density at radius 2 is 1.77 bits per heavy atom. The van der Waals surface area contributed by atoms with E-state index >= 15 is 0 Å². The highest BCUT2D eigenvalue weighted by atomic mass is 32.2. The molecule has 0 bridgehead atoms. The van der Waals surface area contributed by atoms with Gasteiger partial charge in [-0.2, -0.15) is 0 Å². The van der Waals surface area contributed by atoms with E-state index in [1.54, 1.807) is 6.92 Å². The third kappa shape index (κ3) is 4.44. The summed E-state index contributed by atoms with van der Waals surface area (Å²) in [6.45, 7) is 4.39. The maximum absolute atomic E-state index is 11.8. The summed E-state index contributed by atoms with van der Waals surface area (Å²) < 4.78 is 26.3. The van der Waals surface area contributed by atoms with Gasteiger partial charge in [0.05, 0.1) is 25.4 Å². The molecule has 2 rings (SSSR count). The Kier molecular flexibility index (Phi) is 5.83. The second-order valence-electron chi connectivity index (χ2n) is 6.16. The van der Waals surface area contributed by atoms with E-state index in [2.05, 4.69) is 33.9 Å². The van der Waals surface area contributed by atoms with Crippen molar-refractivity contribution < 1.29 is 13.3 Å². The van der Waals surface area contributed by atoms with Crippen LogP contribution >= 0.6 is 0 Å². The van der Waals surface area contributed by atoms with Gasteiger partial charge in [-0.1, -0.05) is 12.1 Å². The molecule has 124 valence electrons. The van der Waals surface area contributed by atoms with Crippen LogP contribution in [0.4, 0.5) is 5.69 Å². The molecule has 5 nitrogen and oxygen atoms in total. The lowest BCUT2D eigenvalue weighted by Gasteiger charge is -2.25. The summed E-state index contributed by atoms with van der Waals surface area (Å²) in [6.07, 6.45) is 2.45. The quantitative estimate of drug-likeness (QED) is 0.763. The molecule has 1 heterocycles. The van der Waals surface area contributed by atoms with E-state index < -0.39 is 10.0 Å². The molecule has 1 atom stereocenters. The number of likely N-dealkylation sites (tertiary alicyclic amines) is 1. The van der Waals surface area contributed by atoms with Gasteiger partial charge in [0.25, 0.3) is 0 Å². The van der Waals surface area contributed by atoms with Crippen LogP contribution in [-0.4, -0.2) is 47.9 Å². The van der Waals surface area contributed by atoms with Gasteiger partial charge in [-0.25, -0.2) is 13.1 Å². The molecule has 1 aromatic carbocycles. The topological polar surface area (TPSA) is 53.9 Å². The average molecular weight is 326 g/mol. The van der Waals surface area contributed by atoms with Crippen molar-refractivity contribution >= 4 is 15.7 Å². The Balaban J connectivity index is 2.16. The number of anilines is 1. The van der Waals surface area contributed by atoms with Crippen molar-refractivity contribution in [3.63, 3.8) is 0 Å². The fourth-order valence-corrected chi connectivity index (χ4v) is 3.62. The number of hydrogen-bond acceptors (Lipinski definition) is 3. The lowest BCUT2D eigenvalue weighted by molar-refractivity contribution is -0.918. The smallest absolute Gasteiger partial charge is 0.211 e. The third-order valence-corrected chi connectivity index (χ3v) is 5.80. The zero-order chi connectivity index (χ0) is 16.2. The summed E-state index contributed by atoms with van der Waals surface area (Å²) in [5.41, 5.74) is 2.37. The highest BCUT2D eigenvalue weighted by Gasteiger charge is 2.28. The summed E-state index contributed by atoms with van der Waals surface area (Å²) in [5, 5.41) is 0. The van der Waals surface area contributed by atoms with Crippen LogP contribution in [0, 0.1) is 0 Å². The van der Waals surface area contributed by atoms with Crippen molar-refractivity contribution in [1.82, 2.24) is 4.72 Å². The summed E-state index contributed by atoms with van der Waals surface area (Å²) in [6, 6.07) is 8.66. The summed E-state index contributed by atoms with van der Waals surface area (Å²) in [7, 11) is 0.898. The first-order valence-corrected chi connectivity index (χ1v) is 9.67. The number of nitrogens with one attached hydrogen (secondary N) is 2. The second kappa shape index (κ2) is 7.44. The molecular formula is C16H28N3O2S+. The molecular weight excluding hydrogens is 298 g/mol. The molecule has 2 N–H and O–H groups in total. The molecule has 0 radical (unpaired) electrons. The van der Waals surface area contributed by atoms with Gasteiger partial charge in [-0.15, -0.1) is 0 Å². The third-order valence-electron chi connectivity index (χ3n) is 4.44. The highest BCUT2D eigenvalue weighted by molar-refractivity contribution is 7.89. The van der Waals surface area contributed by atoms with E-state index in [9.17, 15) is 8.42 Å². The van der Waals surface area contributed by atoms with Crippen molar-refractivity contribution in [3.05, 3.63) is 29.8 Å². The fourth-order valence-electron chi connectivity index (χ4n) is 2.99. The van der Waals surface area contributed by atoms with Gasteiger partial charge in [0.2, 0.25) is 10.0 Å². The van der Waals surface area contributed by atoms with Crippen molar-refractivity contribution in [2.45, 2.75) is 25.8 Å². The van der Waals surface area contributed by atoms with Gasteiger partial charge in [0.1, 0.15) is 6.04 Å². The standard InChI is InChI=1S/C16H27N3O2S/c1-4-22(20,21)17-13-16(19-11-5-6-12-19)14-7-9-15(10-8-14)18(2)3/h7-10,16-17H,4-6,11-13H2,1-3H3/p+1/t16-/m0/s1. The maximum Gasteiger partial charge on any atom is 0.211 e. The molecule has 0 spiro atoms. The largest absolute Gasteiger partial charge is 0.378 e. The van der Waals surface area contributed by atoms with Gasteiger partial charge in [-0.05, 0) is 19.1 Å². The molecule has 1 aromatic rings. The molecule has 0 aliphatic carbocycles. The van der Waals surface area contributed by atoms with Crippen LogP contribution in [0.2, 0.25) is 0 Å². The van der Waals surface area contributed by atoms with Crippen LogP contribution in [0.15, 0.2) is 24.3 Å². The van der Waals surface area contributed by atoms with E-state index in [1.165, 1.54) is 23.3 Å². The molecule has 6 heteroatoms. The molecule has 0 amide bonds. The van der Waals surface area contributed by atoms with Crippen LogP contribution in [0.3, 0.4) is 0 Å². The van der Waals surface area contributed by atoms with Crippen LogP contribution < -0.4 is 14.5 Å². The van der Waals surface area contributed by atoms with E-state index in [0.717, 1.165) is 18.8 Å². The number of nitrogens with zero attached hydrogens (tertiary/aromatic N) is 1. The molecule has 1 aliphatic heterocycles. The zero-order valence-corrected chi connectivity index (χ0v) is 14.6. The molecule has 0 unspecified atom stereocenters. The van der Waals surface area contributed by atoms with E-state index in [4.69, 9.17) is 0 Å². The average Bonchev–Trinajstić information content (AvgIpc) is 3.02. The SMILES string of the molecule is CCS(=O)(=O)NC[C@@H](c1ccc(N(C)C)cc1)[NH+]1CCCC1. The number of hydrogen-bond donors (Lipinski definition) is 2. The van der Waals surface area contributed by atoms with Gasteiger partial charge in [0.15, 0.2) is 0 Å². The first-order chi connectivity index (χ1) is 10.4. The van der Waals surface area contributed by atoms with Crippen molar-refractivity contribution in [2.24, 2.45) is 0 Å². The number of quaternary nitrogens is 1. The Labute approximate surface area is 134 Å². The first-order valence-electron chi connectivity index (χ1n) is 8.02. The number of benzene rings is 1. The summed E-state index contributed by atoms with van der Waals surface area (Å²) in [5.74, 6) is 0.134. The predicted octanol–water partition coefficient (Wildman–Crippen LogP) is 0.412. The lowest BCUT2D eigenvalue weighted by Crippen LogP contribution is -3.11. The highest BCUT2D eigenvalue weighted by Crippen LogP contribution is 2.17. The number of rotatable bonds is 7. The predicted molar refractivity (Wildman–Crippen MR) is 90.9 cm³/mol. The van der Waals surface area contributed by atoms with E-state index in [1.807, 2.05) is 14.1 Å². The van der Waals surface area contributed by atoms with Gasteiger partial charge >= 0.3 is 0 Å². The molecule has 0 aromatic heterocycles. The Hall–Kier alpha value is -1.11. The van der Waals surface area contributed by atoms with Crippen LogP contribution in [0.25, 0.3) is 0 Å². The Morgan fingerprint density at radius 1 is 1.18 bits per heavy atom. The van der Waals surface area contributed by atoms with Crippen LogP contribution in [0.1, 0.15) is 31.4 Å². The van der Waals surface area contributed by atoms with Crippen molar-refractivity contribution in [1.29, 1.82) is 0 Å². The van der Waals surface area contributed by atoms with Crippen molar-refractivity contribution in [2.75, 3.05) is 44.4 Å². The Morgan fingerprint density at radius 3 is 2.27 bits per heavy atom. The molecule has 1 aliphatic rings. The van der Waals surface area contributed by atoms with Crippen molar-refractivity contribution in [3.8, 4) is 0 Å². The normalized spacial score (nSPS) is 17.6. The maximum atomic E-state index is 11.8. The summed E-state index contributed by atoms with van der Waals surface area (Å²) in [4.78, 5) is 3.55. The fraction of sp³-hybridized carbons (Fsp3) is 0.625. The van der Waals surface area contributed by atoms with Gasteiger partial charge in [-0.3, -0.25) is 0 Å². The van der Waals surface area contributed by atoms with Crippen LogP contribution in [0.5, 0.6) is 0 Å². The van der Waals surface area contributed by atoms with E-state index in [0.29, 0.717) is 6.54 Å². The molecule has 1 fully saturated rings. The molecule has 0 saturated carbocycles. The minimum Gasteiger partial charge on any atom is -0.378 e. The Bertz CT molecular complexity index is 564. The zero-order valence-electron chi connectivity index (χ0n) is 13.8. The second-order valence-corrected chi connectivity index (χ2v) is 8.25. The van der Waals surface area contributed by atoms with E-state index in [-0.39, 0.29) is 11.8 Å². The molecule has 22 heavy (non-hydrogen) atoms. The first kappa shape index (κ1) is 17.2. The minimum atomic E-state index is -3.15.